The van der Waals surface area contributed by atoms with E-state index >= 15 is 0 Å². The van der Waals surface area contributed by atoms with Crippen LogP contribution in [0, 0.1) is 5.92 Å². The first-order valence-corrected chi connectivity index (χ1v) is 12.0. The number of esters is 3. The van der Waals surface area contributed by atoms with E-state index in [1.165, 1.54) is 0 Å². The minimum absolute atomic E-state index is 0.00925. The lowest BCUT2D eigenvalue weighted by Crippen LogP contribution is -2.30. The molecule has 0 aliphatic heterocycles. The molecule has 1 rings (SSSR count). The summed E-state index contributed by atoms with van der Waals surface area (Å²) in [4.78, 5) is 37.3. The maximum Gasteiger partial charge on any atom is 0.341 e. The summed E-state index contributed by atoms with van der Waals surface area (Å²) in [6, 6.07) is 0. The molecular formula is C20H31O10P. The van der Waals surface area contributed by atoms with E-state index in [-0.39, 0.29) is 62.5 Å². The molecule has 0 aliphatic rings. The van der Waals surface area contributed by atoms with Gasteiger partial charge in [0.15, 0.2) is 5.92 Å². The van der Waals surface area contributed by atoms with E-state index in [1.807, 2.05) is 0 Å². The highest BCUT2D eigenvalue weighted by Gasteiger charge is 2.36. The van der Waals surface area contributed by atoms with Crippen LogP contribution in [0.2, 0.25) is 0 Å². The van der Waals surface area contributed by atoms with E-state index in [0.29, 0.717) is 0 Å². The van der Waals surface area contributed by atoms with Gasteiger partial charge in [-0.05, 0) is 34.6 Å². The molecular weight excluding hydrogens is 431 g/mol. The van der Waals surface area contributed by atoms with Gasteiger partial charge < -0.3 is 27.7 Å². The molecule has 1 aromatic heterocycles. The molecule has 0 unspecified atom stereocenters. The number of hydrogen-bond acceptors (Lipinski definition) is 10. The Balaban J connectivity index is 3.42. The van der Waals surface area contributed by atoms with E-state index in [4.69, 9.17) is 27.7 Å². The molecule has 0 saturated heterocycles. The van der Waals surface area contributed by atoms with E-state index in [2.05, 4.69) is 0 Å². The monoisotopic (exact) mass is 462 g/mol. The first-order chi connectivity index (χ1) is 14.8. The van der Waals surface area contributed by atoms with Crippen molar-refractivity contribution in [3.63, 3.8) is 0 Å². The summed E-state index contributed by atoms with van der Waals surface area (Å²) in [6.45, 7) is 8.65. The molecule has 0 aliphatic carbocycles. The highest BCUT2D eigenvalue weighted by atomic mass is 31.2. The molecule has 31 heavy (non-hydrogen) atoms. The van der Waals surface area contributed by atoms with Crippen molar-refractivity contribution in [3.8, 4) is 0 Å². The van der Waals surface area contributed by atoms with E-state index in [0.717, 1.165) is 6.26 Å². The highest BCUT2D eigenvalue weighted by molar-refractivity contribution is 7.53. The molecule has 0 radical (unpaired) electrons. The number of carbonyl (C=O) groups excluding carboxylic acids is 3. The van der Waals surface area contributed by atoms with Gasteiger partial charge in [-0.1, -0.05) is 0 Å². The topological polar surface area (TPSA) is 128 Å². The van der Waals surface area contributed by atoms with Crippen molar-refractivity contribution < 1.29 is 46.6 Å². The normalized spacial score (nSPS) is 11.4. The minimum atomic E-state index is -3.59. The summed E-state index contributed by atoms with van der Waals surface area (Å²) in [5.41, 5.74) is 0.194. The highest BCUT2D eigenvalue weighted by Crippen LogP contribution is 2.52. The number of hydrogen-bond donors (Lipinski definition) is 0. The predicted octanol–water partition coefficient (Wildman–Crippen LogP) is 3.51. The van der Waals surface area contributed by atoms with E-state index in [1.54, 1.807) is 34.6 Å². The second-order valence-corrected chi connectivity index (χ2v) is 8.19. The predicted molar refractivity (Wildman–Crippen MR) is 110 cm³/mol. The van der Waals surface area contributed by atoms with Crippen LogP contribution in [0.3, 0.4) is 0 Å². The van der Waals surface area contributed by atoms with Gasteiger partial charge >= 0.3 is 25.5 Å². The first-order valence-electron chi connectivity index (χ1n) is 10.2. The lowest BCUT2D eigenvalue weighted by atomic mass is 9.96. The fourth-order valence-electron chi connectivity index (χ4n) is 2.81. The number of carbonyl (C=O) groups is 3. The van der Waals surface area contributed by atoms with Crippen molar-refractivity contribution in [1.29, 1.82) is 0 Å². The molecule has 0 saturated carbocycles. The van der Waals surface area contributed by atoms with Gasteiger partial charge in [0.25, 0.3) is 0 Å². The Morgan fingerprint density at radius 3 is 1.84 bits per heavy atom. The van der Waals surface area contributed by atoms with Crippen molar-refractivity contribution in [3.05, 3.63) is 23.2 Å². The minimum Gasteiger partial charge on any atom is -0.467 e. The zero-order chi connectivity index (χ0) is 23.4. The fraction of sp³-hybridized carbons (Fsp3) is 0.650. The van der Waals surface area contributed by atoms with Crippen molar-refractivity contribution in [2.45, 2.75) is 47.2 Å². The second kappa shape index (κ2) is 13.3. The molecule has 0 fully saturated rings. The van der Waals surface area contributed by atoms with Gasteiger partial charge in [0.05, 0.1) is 33.0 Å². The van der Waals surface area contributed by atoms with Crippen LogP contribution in [0.25, 0.3) is 0 Å². The third-order valence-electron chi connectivity index (χ3n) is 4.02. The first kappa shape index (κ1) is 26.9. The molecule has 176 valence electrons. The molecule has 0 bridgehead atoms. The lowest BCUT2D eigenvalue weighted by Gasteiger charge is -2.18. The smallest absolute Gasteiger partial charge is 0.341 e. The maximum atomic E-state index is 13.0. The Morgan fingerprint density at radius 1 is 0.871 bits per heavy atom. The van der Waals surface area contributed by atoms with Crippen molar-refractivity contribution >= 4 is 25.5 Å². The lowest BCUT2D eigenvalue weighted by molar-refractivity contribution is -0.161. The van der Waals surface area contributed by atoms with E-state index < -0.39 is 31.4 Å². The Labute approximate surface area is 182 Å². The van der Waals surface area contributed by atoms with Crippen LogP contribution in [0.15, 0.2) is 10.7 Å². The average molecular weight is 462 g/mol. The summed E-state index contributed by atoms with van der Waals surface area (Å²) >= 11 is 0. The van der Waals surface area contributed by atoms with Gasteiger partial charge in [-0.15, -0.1) is 0 Å². The summed E-state index contributed by atoms with van der Waals surface area (Å²) < 4.78 is 44.1. The quantitative estimate of drug-likeness (QED) is 0.175. The van der Waals surface area contributed by atoms with E-state index in [9.17, 15) is 18.9 Å². The zero-order valence-electron chi connectivity index (χ0n) is 18.6. The van der Waals surface area contributed by atoms with Crippen LogP contribution >= 0.6 is 7.60 Å². The number of rotatable bonds is 14. The van der Waals surface area contributed by atoms with Crippen LogP contribution in [0.1, 0.15) is 56.3 Å². The standard InChI is InChI=1S/C20H31O10P/c1-6-25-18(21)15(19(22)26-7-2)11-14-16(20(23)27-8-3)12-28-17(14)13-31(24,29-9-4)30-10-5/h12,15H,6-11,13H2,1-5H3. The molecule has 10 nitrogen and oxygen atoms in total. The number of ether oxygens (including phenoxy) is 3. The molecule has 0 amide bonds. The van der Waals surface area contributed by atoms with Gasteiger partial charge in [-0.3, -0.25) is 14.2 Å². The molecule has 0 N–H and O–H groups in total. The van der Waals surface area contributed by atoms with Crippen LogP contribution in [-0.2, 0) is 50.0 Å². The third-order valence-corrected chi connectivity index (χ3v) is 5.99. The van der Waals surface area contributed by atoms with Crippen LogP contribution in [0.5, 0.6) is 0 Å². The third kappa shape index (κ3) is 7.79. The molecule has 11 heteroatoms. The average Bonchev–Trinajstić information content (AvgIpc) is 3.08. The SMILES string of the molecule is CCOC(=O)c1coc(CP(=O)(OCC)OCC)c1CC(C(=O)OCC)C(=O)OCC. The molecule has 0 aromatic carbocycles. The number of furan rings is 1. The van der Waals surface area contributed by atoms with Gasteiger partial charge in [-0.25, -0.2) is 4.79 Å². The second-order valence-electron chi connectivity index (χ2n) is 6.14. The van der Waals surface area contributed by atoms with Crippen molar-refractivity contribution in [2.24, 2.45) is 5.92 Å². The summed E-state index contributed by atoms with van der Waals surface area (Å²) in [5, 5.41) is 0. The molecule has 0 atom stereocenters. The Hall–Kier alpha value is -2.16. The molecule has 1 aromatic rings. The van der Waals surface area contributed by atoms with Gasteiger partial charge in [0.2, 0.25) is 0 Å². The summed E-state index contributed by atoms with van der Waals surface area (Å²) in [6.07, 6.45) is 0.579. The van der Waals surface area contributed by atoms with Gasteiger partial charge in [0.1, 0.15) is 23.7 Å². The van der Waals surface area contributed by atoms with Crippen LogP contribution < -0.4 is 0 Å². The van der Waals surface area contributed by atoms with Crippen LogP contribution in [0.4, 0.5) is 0 Å². The van der Waals surface area contributed by atoms with Gasteiger partial charge in [-0.2, -0.15) is 0 Å². The molecule has 1 heterocycles. The van der Waals surface area contributed by atoms with Crippen molar-refractivity contribution in [1.82, 2.24) is 0 Å². The summed E-state index contributed by atoms with van der Waals surface area (Å²) in [7, 11) is -3.59. The largest absolute Gasteiger partial charge is 0.467 e. The Morgan fingerprint density at radius 2 is 1.39 bits per heavy atom. The van der Waals surface area contributed by atoms with Crippen molar-refractivity contribution in [2.75, 3.05) is 33.0 Å². The maximum absolute atomic E-state index is 13.0. The van der Waals surface area contributed by atoms with Crippen LogP contribution in [-0.4, -0.2) is 50.9 Å². The summed E-state index contributed by atoms with van der Waals surface area (Å²) in [5.74, 6) is -3.57. The Kier molecular flexibility index (Phi) is 11.5. The van der Waals surface area contributed by atoms with Gasteiger partial charge in [0, 0.05) is 12.0 Å². The zero-order valence-corrected chi connectivity index (χ0v) is 19.5. The Bertz CT molecular complexity index is 757. The molecule has 0 spiro atoms. The fourth-order valence-corrected chi connectivity index (χ4v) is 4.47.